The van der Waals surface area contributed by atoms with Crippen molar-refractivity contribution in [3.05, 3.63) is 10.2 Å². The van der Waals surface area contributed by atoms with Crippen molar-refractivity contribution in [1.82, 2.24) is 10.0 Å². The molecule has 0 spiro atoms. The highest BCUT2D eigenvalue weighted by molar-refractivity contribution is 9.11. The minimum absolute atomic E-state index is 0.0686. The van der Waals surface area contributed by atoms with Crippen LogP contribution in [0, 0.1) is 0 Å². The number of likely N-dealkylation sites (N-methyl/N-ethyl adjacent to an activating group) is 1. The summed E-state index contributed by atoms with van der Waals surface area (Å²) in [7, 11) is 1.33. The van der Waals surface area contributed by atoms with Crippen molar-refractivity contribution in [3.63, 3.8) is 0 Å². The van der Waals surface area contributed by atoms with Crippen LogP contribution in [0.15, 0.2) is 10.2 Å². The summed E-state index contributed by atoms with van der Waals surface area (Å²) in [6, 6.07) is -1.27. The lowest BCUT2D eigenvalue weighted by Gasteiger charge is -2.30. The molecular weight excluding hydrogens is 272 g/mol. The summed E-state index contributed by atoms with van der Waals surface area (Å²) in [5, 5.41) is 1.83. The Kier molecular flexibility index (Phi) is 1.92. The van der Waals surface area contributed by atoms with E-state index in [1.54, 1.807) is 20.8 Å². The monoisotopic (exact) mass is 296 g/mol. The van der Waals surface area contributed by atoms with E-state index in [0.29, 0.717) is 0 Å². The first-order chi connectivity index (χ1) is 9.57. The van der Waals surface area contributed by atoms with Crippen LogP contribution >= 0.6 is 15.9 Å². The van der Waals surface area contributed by atoms with Gasteiger partial charge < -0.3 is 4.74 Å². The lowest BCUT2D eigenvalue weighted by atomic mass is 10.2. The van der Waals surface area contributed by atoms with Crippen LogP contribution in [0.3, 0.4) is 0 Å². The standard InChI is InChI=1S/C11H19BrN2O2/c1-7-9(12)8(2)14(13(7)6)10(15)16-11(3,4)5/h7H,1-6H3/i1D3,2D3. The molecule has 1 rings (SSSR count). The number of hydrogen-bond donors (Lipinski definition) is 0. The molecule has 1 heterocycles. The molecule has 0 aliphatic carbocycles. The second kappa shape index (κ2) is 4.37. The van der Waals surface area contributed by atoms with E-state index in [1.807, 2.05) is 0 Å². The highest BCUT2D eigenvalue weighted by Crippen LogP contribution is 2.32. The van der Waals surface area contributed by atoms with Crippen molar-refractivity contribution in [2.45, 2.75) is 46.1 Å². The molecule has 5 heteroatoms. The lowest BCUT2D eigenvalue weighted by molar-refractivity contribution is -0.0194. The van der Waals surface area contributed by atoms with Gasteiger partial charge in [-0.05, 0) is 34.5 Å². The minimum Gasteiger partial charge on any atom is -0.442 e. The Hall–Kier alpha value is -0.550. The average molecular weight is 297 g/mol. The topological polar surface area (TPSA) is 32.8 Å². The van der Waals surface area contributed by atoms with Gasteiger partial charge in [0.2, 0.25) is 0 Å². The number of amides is 1. The van der Waals surface area contributed by atoms with Crippen molar-refractivity contribution in [2.75, 3.05) is 7.05 Å². The quantitative estimate of drug-likeness (QED) is 0.689. The maximum Gasteiger partial charge on any atom is 0.429 e. The van der Waals surface area contributed by atoms with Crippen molar-refractivity contribution < 1.29 is 17.8 Å². The van der Waals surface area contributed by atoms with Crippen LogP contribution in [-0.4, -0.2) is 34.8 Å². The van der Waals surface area contributed by atoms with E-state index in [9.17, 15) is 4.79 Å². The van der Waals surface area contributed by atoms with E-state index in [-0.39, 0.29) is 4.48 Å². The summed E-state index contributed by atoms with van der Waals surface area (Å²) in [4.78, 5) is 12.3. The van der Waals surface area contributed by atoms with Crippen molar-refractivity contribution in [1.29, 1.82) is 0 Å². The highest BCUT2D eigenvalue weighted by atomic mass is 79.9. The third-order valence-electron chi connectivity index (χ3n) is 1.93. The molecule has 16 heavy (non-hydrogen) atoms. The fourth-order valence-corrected chi connectivity index (χ4v) is 1.66. The first kappa shape index (κ1) is 7.01. The van der Waals surface area contributed by atoms with Crippen molar-refractivity contribution in [2.24, 2.45) is 0 Å². The Balaban J connectivity index is 3.35. The molecule has 1 amide bonds. The Morgan fingerprint density at radius 1 is 1.56 bits per heavy atom. The normalized spacial score (nSPS) is 30.1. The number of rotatable bonds is 0. The summed E-state index contributed by atoms with van der Waals surface area (Å²) in [5.74, 6) is 0. The zero-order valence-corrected chi connectivity index (χ0v) is 11.3. The molecule has 0 N–H and O–H groups in total. The zero-order valence-electron chi connectivity index (χ0n) is 15.7. The summed E-state index contributed by atoms with van der Waals surface area (Å²) in [5.41, 5.74) is -1.24. The number of carbonyl (C=O) groups is 1. The van der Waals surface area contributed by atoms with Crippen LogP contribution in [0.1, 0.15) is 42.7 Å². The number of hydrazine groups is 1. The van der Waals surface area contributed by atoms with E-state index >= 15 is 0 Å². The van der Waals surface area contributed by atoms with Crippen LogP contribution in [-0.2, 0) is 4.74 Å². The molecule has 0 aromatic heterocycles. The summed E-state index contributed by atoms with van der Waals surface area (Å²) in [6.45, 7) is -0.285. The molecule has 1 aliphatic heterocycles. The second-order valence-corrected chi connectivity index (χ2v) is 5.32. The van der Waals surface area contributed by atoms with Crippen molar-refractivity contribution in [3.8, 4) is 0 Å². The molecule has 0 aromatic carbocycles. The first-order valence-corrected chi connectivity index (χ1v) is 5.52. The highest BCUT2D eigenvalue weighted by Gasteiger charge is 2.36. The fraction of sp³-hybridized carbons (Fsp3) is 0.727. The fourth-order valence-electron chi connectivity index (χ4n) is 1.19. The molecular formula is C11H19BrN2O2. The number of hydrogen-bond acceptors (Lipinski definition) is 3. The predicted octanol–water partition coefficient (Wildman–Crippen LogP) is 3.10. The number of nitrogens with zero attached hydrogens (tertiary/aromatic N) is 2. The van der Waals surface area contributed by atoms with E-state index < -0.39 is 37.1 Å². The molecule has 92 valence electrons. The van der Waals surface area contributed by atoms with Crippen LogP contribution < -0.4 is 0 Å². The predicted molar refractivity (Wildman–Crippen MR) is 66.9 cm³/mol. The minimum atomic E-state index is -2.68. The van der Waals surface area contributed by atoms with Gasteiger partial charge in [0.15, 0.2) is 0 Å². The summed E-state index contributed by atoms with van der Waals surface area (Å²) in [6.07, 6.45) is -0.940. The SMILES string of the molecule is [2H]C([2H])([2H])C1=C(Br)C(C([2H])([2H])[2H])N(C)N1C(=O)OC(C)(C)C. The molecule has 0 aromatic rings. The van der Waals surface area contributed by atoms with Gasteiger partial charge in [0.25, 0.3) is 0 Å². The second-order valence-electron chi connectivity index (χ2n) is 4.46. The molecule has 0 saturated carbocycles. The van der Waals surface area contributed by atoms with E-state index in [4.69, 9.17) is 13.0 Å². The van der Waals surface area contributed by atoms with E-state index in [1.165, 1.54) is 7.05 Å². The Morgan fingerprint density at radius 3 is 2.62 bits per heavy atom. The van der Waals surface area contributed by atoms with E-state index in [2.05, 4.69) is 15.9 Å². The van der Waals surface area contributed by atoms with E-state index in [0.717, 1.165) is 10.0 Å². The van der Waals surface area contributed by atoms with Crippen LogP contribution in [0.2, 0.25) is 0 Å². The molecule has 0 radical (unpaired) electrons. The van der Waals surface area contributed by atoms with Gasteiger partial charge in [-0.1, -0.05) is 15.9 Å². The summed E-state index contributed by atoms with van der Waals surface area (Å²) >= 11 is 3.04. The Labute approximate surface area is 114 Å². The van der Waals surface area contributed by atoms with Crippen molar-refractivity contribution >= 4 is 22.0 Å². The van der Waals surface area contributed by atoms with Gasteiger partial charge in [-0.15, -0.1) is 0 Å². The number of carbonyl (C=O) groups excluding carboxylic acids is 1. The largest absolute Gasteiger partial charge is 0.442 e. The molecule has 0 bridgehead atoms. The van der Waals surface area contributed by atoms with Gasteiger partial charge in [0.1, 0.15) is 5.60 Å². The molecule has 4 nitrogen and oxygen atoms in total. The maximum atomic E-state index is 12.3. The Morgan fingerprint density at radius 2 is 2.19 bits per heavy atom. The van der Waals surface area contributed by atoms with Crippen LogP contribution in [0.4, 0.5) is 4.79 Å². The Bertz CT molecular complexity index is 494. The van der Waals surface area contributed by atoms with Gasteiger partial charge in [-0.2, -0.15) is 0 Å². The van der Waals surface area contributed by atoms with Crippen LogP contribution in [0.5, 0.6) is 0 Å². The molecule has 1 unspecified atom stereocenters. The summed E-state index contributed by atoms with van der Waals surface area (Å²) < 4.78 is 50.5. The number of halogens is 1. The van der Waals surface area contributed by atoms with Gasteiger partial charge >= 0.3 is 6.09 Å². The first-order valence-electron chi connectivity index (χ1n) is 7.73. The van der Waals surface area contributed by atoms with Gasteiger partial charge in [-0.3, -0.25) is 0 Å². The smallest absolute Gasteiger partial charge is 0.429 e. The molecule has 0 fully saturated rings. The molecule has 1 atom stereocenters. The third-order valence-corrected chi connectivity index (χ3v) is 2.74. The average Bonchev–Trinajstić information content (AvgIpc) is 2.45. The number of ether oxygens (including phenoxy) is 1. The van der Waals surface area contributed by atoms with Crippen LogP contribution in [0.25, 0.3) is 0 Å². The third kappa shape index (κ3) is 2.58. The molecule has 0 saturated heterocycles. The molecule has 1 aliphatic rings. The lowest BCUT2D eigenvalue weighted by Crippen LogP contribution is -2.44. The van der Waals surface area contributed by atoms with Gasteiger partial charge in [0, 0.05) is 19.8 Å². The maximum absolute atomic E-state index is 12.3. The van der Waals surface area contributed by atoms with Gasteiger partial charge in [-0.25, -0.2) is 14.8 Å². The van der Waals surface area contributed by atoms with Gasteiger partial charge in [0.05, 0.1) is 11.7 Å². The zero-order chi connectivity index (χ0) is 17.7. The number of allylic oxidation sites excluding steroid dienone is 1.